The molecular weight excluding hydrogens is 320 g/mol. The zero-order chi connectivity index (χ0) is 14.5. The van der Waals surface area contributed by atoms with Gasteiger partial charge in [0.25, 0.3) is 11.6 Å². The van der Waals surface area contributed by atoms with Gasteiger partial charge >= 0.3 is 0 Å². The van der Waals surface area contributed by atoms with Gasteiger partial charge in [0.1, 0.15) is 5.56 Å². The second-order valence-electron chi connectivity index (χ2n) is 4.20. The molecule has 8 heteroatoms. The fraction of sp³-hybridized carbons (Fsp3) is 0.417. The van der Waals surface area contributed by atoms with Crippen LogP contribution in [0, 0.1) is 10.1 Å². The molecule has 1 aromatic rings. The molecule has 1 unspecified atom stereocenters. The van der Waals surface area contributed by atoms with Gasteiger partial charge in [0, 0.05) is 40.1 Å². The van der Waals surface area contributed by atoms with Crippen molar-refractivity contribution in [2.45, 2.75) is 5.25 Å². The van der Waals surface area contributed by atoms with E-state index in [0.29, 0.717) is 16.8 Å². The van der Waals surface area contributed by atoms with E-state index in [1.165, 1.54) is 18.2 Å². The highest BCUT2D eigenvalue weighted by molar-refractivity contribution is 8.06. The number of amides is 1. The first kappa shape index (κ1) is 15.5. The number of rotatable bonds is 4. The van der Waals surface area contributed by atoms with E-state index in [0.717, 1.165) is 17.3 Å². The van der Waals surface area contributed by atoms with Gasteiger partial charge in [-0.25, -0.2) is 0 Å². The first-order chi connectivity index (χ1) is 9.58. The minimum atomic E-state index is -0.573. The molecular formula is C12H13ClN2O3S2. The van der Waals surface area contributed by atoms with E-state index in [9.17, 15) is 14.9 Å². The summed E-state index contributed by atoms with van der Waals surface area (Å²) in [6.07, 6.45) is 0. The number of carbonyl (C=O) groups excluding carboxylic acids is 1. The number of nitro benzene ring substituents is 1. The number of nitrogens with zero attached hydrogens (tertiary/aromatic N) is 1. The van der Waals surface area contributed by atoms with Gasteiger partial charge in [-0.3, -0.25) is 14.9 Å². The quantitative estimate of drug-likeness (QED) is 0.678. The van der Waals surface area contributed by atoms with Crippen LogP contribution in [0.3, 0.4) is 0 Å². The topological polar surface area (TPSA) is 72.2 Å². The van der Waals surface area contributed by atoms with Gasteiger partial charge in [-0.2, -0.15) is 23.5 Å². The Balaban J connectivity index is 2.04. The molecule has 0 bridgehead atoms. The predicted octanol–water partition coefficient (Wildman–Crippen LogP) is 2.83. The molecule has 0 saturated carbocycles. The van der Waals surface area contributed by atoms with Crippen molar-refractivity contribution >= 4 is 46.7 Å². The van der Waals surface area contributed by atoms with E-state index in [2.05, 4.69) is 5.32 Å². The van der Waals surface area contributed by atoms with Crippen molar-refractivity contribution in [3.8, 4) is 0 Å². The zero-order valence-electron chi connectivity index (χ0n) is 10.5. The Labute approximate surface area is 130 Å². The summed E-state index contributed by atoms with van der Waals surface area (Å²) in [5.74, 6) is 2.75. The molecule has 1 aromatic carbocycles. The number of nitrogens with one attached hydrogen (secondary N) is 1. The van der Waals surface area contributed by atoms with Crippen LogP contribution in [0.25, 0.3) is 0 Å². The normalized spacial score (nSPS) is 18.6. The van der Waals surface area contributed by atoms with Crippen LogP contribution in [0.2, 0.25) is 5.02 Å². The van der Waals surface area contributed by atoms with Gasteiger partial charge in [-0.1, -0.05) is 11.6 Å². The summed E-state index contributed by atoms with van der Waals surface area (Å²) in [7, 11) is 0. The van der Waals surface area contributed by atoms with Crippen LogP contribution in [0.15, 0.2) is 18.2 Å². The number of halogens is 1. The van der Waals surface area contributed by atoms with E-state index in [-0.39, 0.29) is 11.3 Å². The number of nitro groups is 1. The Morgan fingerprint density at radius 2 is 2.30 bits per heavy atom. The molecule has 1 aliphatic heterocycles. The van der Waals surface area contributed by atoms with Crippen LogP contribution in [0.5, 0.6) is 0 Å². The third-order valence-electron chi connectivity index (χ3n) is 2.78. The maximum atomic E-state index is 12.1. The molecule has 0 radical (unpaired) electrons. The Kier molecular flexibility index (Phi) is 5.56. The molecule has 0 spiro atoms. The second-order valence-corrected chi connectivity index (χ2v) is 7.19. The molecule has 1 saturated heterocycles. The van der Waals surface area contributed by atoms with Gasteiger partial charge in [0.05, 0.1) is 4.92 Å². The van der Waals surface area contributed by atoms with Gasteiger partial charge < -0.3 is 5.32 Å². The molecule has 108 valence electrons. The molecule has 1 atom stereocenters. The molecule has 1 N–H and O–H groups in total. The molecule has 1 fully saturated rings. The largest absolute Gasteiger partial charge is 0.351 e. The number of hydrogen-bond acceptors (Lipinski definition) is 5. The lowest BCUT2D eigenvalue weighted by Crippen LogP contribution is -2.33. The summed E-state index contributed by atoms with van der Waals surface area (Å²) >= 11 is 9.48. The Hall–Kier alpha value is -0.920. The van der Waals surface area contributed by atoms with Gasteiger partial charge in [0.2, 0.25) is 0 Å². The van der Waals surface area contributed by atoms with Gasteiger partial charge in [0.15, 0.2) is 0 Å². The van der Waals surface area contributed by atoms with Crippen molar-refractivity contribution in [2.75, 3.05) is 23.8 Å². The molecule has 1 aliphatic rings. The molecule has 20 heavy (non-hydrogen) atoms. The third kappa shape index (κ3) is 4.04. The van der Waals surface area contributed by atoms with Crippen LogP contribution >= 0.6 is 35.1 Å². The first-order valence-corrected chi connectivity index (χ1v) is 8.57. The van der Waals surface area contributed by atoms with Crippen molar-refractivity contribution in [3.05, 3.63) is 38.9 Å². The molecule has 5 nitrogen and oxygen atoms in total. The van der Waals surface area contributed by atoms with Crippen molar-refractivity contribution in [1.29, 1.82) is 0 Å². The summed E-state index contributed by atoms with van der Waals surface area (Å²) in [5, 5.41) is 14.3. The van der Waals surface area contributed by atoms with E-state index >= 15 is 0 Å². The van der Waals surface area contributed by atoms with Crippen molar-refractivity contribution in [3.63, 3.8) is 0 Å². The van der Waals surface area contributed by atoms with Crippen LogP contribution in [0.1, 0.15) is 10.4 Å². The summed E-state index contributed by atoms with van der Waals surface area (Å²) < 4.78 is 0. The lowest BCUT2D eigenvalue weighted by Gasteiger charge is -2.21. The highest BCUT2D eigenvalue weighted by Crippen LogP contribution is 2.25. The van der Waals surface area contributed by atoms with Crippen molar-refractivity contribution < 1.29 is 9.72 Å². The average molecular weight is 333 g/mol. The Morgan fingerprint density at radius 3 is 2.95 bits per heavy atom. The third-order valence-corrected chi connectivity index (χ3v) is 5.86. The average Bonchev–Trinajstić information content (AvgIpc) is 2.45. The number of carbonyl (C=O) groups is 1. The van der Waals surface area contributed by atoms with Crippen molar-refractivity contribution in [1.82, 2.24) is 5.32 Å². The zero-order valence-corrected chi connectivity index (χ0v) is 12.9. The first-order valence-electron chi connectivity index (χ1n) is 5.99. The molecule has 2 rings (SSSR count). The monoisotopic (exact) mass is 332 g/mol. The van der Waals surface area contributed by atoms with Crippen molar-refractivity contribution in [2.24, 2.45) is 0 Å². The van der Waals surface area contributed by atoms with Crippen LogP contribution in [-0.4, -0.2) is 39.9 Å². The molecule has 1 heterocycles. The number of hydrogen-bond donors (Lipinski definition) is 1. The SMILES string of the molecule is O=C(NCC1CSCCS1)c1cc(Cl)ccc1[N+](=O)[O-]. The van der Waals surface area contributed by atoms with Crippen LogP contribution in [-0.2, 0) is 0 Å². The maximum Gasteiger partial charge on any atom is 0.282 e. The fourth-order valence-corrected chi connectivity index (χ4v) is 4.59. The lowest BCUT2D eigenvalue weighted by molar-refractivity contribution is -0.385. The highest BCUT2D eigenvalue weighted by atomic mass is 35.5. The van der Waals surface area contributed by atoms with E-state index in [1.54, 1.807) is 0 Å². The van der Waals surface area contributed by atoms with Gasteiger partial charge in [-0.05, 0) is 12.1 Å². The van der Waals surface area contributed by atoms with E-state index in [1.807, 2.05) is 23.5 Å². The van der Waals surface area contributed by atoms with E-state index in [4.69, 9.17) is 11.6 Å². The minimum Gasteiger partial charge on any atom is -0.351 e. The molecule has 1 amide bonds. The summed E-state index contributed by atoms with van der Waals surface area (Å²) in [5.41, 5.74) is -0.214. The van der Waals surface area contributed by atoms with Crippen LogP contribution in [0.4, 0.5) is 5.69 Å². The van der Waals surface area contributed by atoms with E-state index < -0.39 is 10.8 Å². The number of benzene rings is 1. The summed E-state index contributed by atoms with van der Waals surface area (Å²) in [6.45, 7) is 0.514. The number of thioether (sulfide) groups is 2. The Bertz CT molecular complexity index is 521. The minimum absolute atomic E-state index is 0.0102. The second kappa shape index (κ2) is 7.19. The summed E-state index contributed by atoms with van der Waals surface area (Å²) in [4.78, 5) is 22.4. The molecule has 0 aromatic heterocycles. The lowest BCUT2D eigenvalue weighted by atomic mass is 10.1. The maximum absolute atomic E-state index is 12.1. The smallest absolute Gasteiger partial charge is 0.282 e. The predicted molar refractivity (Wildman–Crippen MR) is 84.0 cm³/mol. The fourth-order valence-electron chi connectivity index (χ4n) is 1.81. The van der Waals surface area contributed by atoms with Crippen LogP contribution < -0.4 is 5.32 Å². The highest BCUT2D eigenvalue weighted by Gasteiger charge is 2.22. The summed E-state index contributed by atoms with van der Waals surface area (Å²) in [6, 6.07) is 3.99. The Morgan fingerprint density at radius 1 is 1.50 bits per heavy atom. The molecule has 0 aliphatic carbocycles. The van der Waals surface area contributed by atoms with Gasteiger partial charge in [-0.15, -0.1) is 0 Å². The standard InChI is InChI=1S/C12H13ClN2O3S2/c13-8-1-2-11(15(17)18)10(5-8)12(16)14-6-9-7-19-3-4-20-9/h1-2,5,9H,3-4,6-7H2,(H,14,16).